The van der Waals surface area contributed by atoms with Crippen LogP contribution in [0.4, 0.5) is 0 Å². The second kappa shape index (κ2) is 12.6. The van der Waals surface area contributed by atoms with Crippen LogP contribution < -0.4 is 0 Å². The molecular weight excluding hydrogens is 284 g/mol. The van der Waals surface area contributed by atoms with Crippen molar-refractivity contribution in [2.75, 3.05) is 13.2 Å². The third-order valence-corrected chi connectivity index (χ3v) is 5.19. The summed E-state index contributed by atoms with van der Waals surface area (Å²) in [6.07, 6.45) is 8.77. The van der Waals surface area contributed by atoms with E-state index in [4.69, 9.17) is 8.85 Å². The van der Waals surface area contributed by atoms with Crippen molar-refractivity contribution in [1.29, 1.82) is 0 Å². The molecule has 0 aromatic carbocycles. The molecule has 21 heavy (non-hydrogen) atoms. The van der Waals surface area contributed by atoms with Gasteiger partial charge >= 0.3 is 9.05 Å². The molecule has 0 aliphatic heterocycles. The van der Waals surface area contributed by atoms with Crippen LogP contribution in [0.3, 0.4) is 0 Å². The standard InChI is InChI=1S/C16H36O4Si/c1-5-9-11-15(7-3)13-19-21(17,18)20-14-16(8-4)12-10-6-2/h15-18H,5-14H2,1-4H3. The van der Waals surface area contributed by atoms with Gasteiger partial charge in [0.15, 0.2) is 0 Å². The Hall–Kier alpha value is 0.0569. The second-order valence-electron chi connectivity index (χ2n) is 6.00. The third-order valence-electron chi connectivity index (χ3n) is 4.10. The first kappa shape index (κ1) is 21.1. The number of rotatable bonds is 14. The molecule has 4 nitrogen and oxygen atoms in total. The summed E-state index contributed by atoms with van der Waals surface area (Å²) in [6.45, 7) is 9.33. The van der Waals surface area contributed by atoms with Crippen molar-refractivity contribution in [3.05, 3.63) is 0 Å². The zero-order valence-electron chi connectivity index (χ0n) is 14.4. The molecule has 2 atom stereocenters. The lowest BCUT2D eigenvalue weighted by Crippen LogP contribution is -2.45. The Balaban J connectivity index is 4.04. The van der Waals surface area contributed by atoms with Crippen molar-refractivity contribution in [1.82, 2.24) is 0 Å². The van der Waals surface area contributed by atoms with Gasteiger partial charge in [-0.15, -0.1) is 0 Å². The molecule has 0 aliphatic rings. The molecule has 128 valence electrons. The first-order valence-electron chi connectivity index (χ1n) is 8.71. The summed E-state index contributed by atoms with van der Waals surface area (Å²) in [6, 6.07) is 0. The van der Waals surface area contributed by atoms with Crippen molar-refractivity contribution >= 4 is 9.05 Å². The highest BCUT2D eigenvalue weighted by molar-refractivity contribution is 6.50. The third kappa shape index (κ3) is 11.3. The van der Waals surface area contributed by atoms with Gasteiger partial charge < -0.3 is 18.4 Å². The fraction of sp³-hybridized carbons (Fsp3) is 1.00. The molecular formula is C16H36O4Si. The van der Waals surface area contributed by atoms with E-state index in [0.717, 1.165) is 51.4 Å². The largest absolute Gasteiger partial charge is 0.674 e. The molecule has 2 N–H and O–H groups in total. The van der Waals surface area contributed by atoms with E-state index in [1.165, 1.54) is 0 Å². The van der Waals surface area contributed by atoms with Crippen LogP contribution in [0.5, 0.6) is 0 Å². The van der Waals surface area contributed by atoms with Crippen LogP contribution in [0, 0.1) is 11.8 Å². The van der Waals surface area contributed by atoms with E-state index in [1.54, 1.807) is 0 Å². The molecule has 0 aromatic rings. The average molecular weight is 321 g/mol. The van der Waals surface area contributed by atoms with Gasteiger partial charge in [0.1, 0.15) is 0 Å². The van der Waals surface area contributed by atoms with Gasteiger partial charge in [0.25, 0.3) is 0 Å². The fourth-order valence-electron chi connectivity index (χ4n) is 2.29. The lowest BCUT2D eigenvalue weighted by Gasteiger charge is -2.23. The molecule has 0 aromatic heterocycles. The summed E-state index contributed by atoms with van der Waals surface area (Å²) in [5, 5.41) is 0. The monoisotopic (exact) mass is 320 g/mol. The molecule has 0 aliphatic carbocycles. The number of hydrogen-bond acceptors (Lipinski definition) is 4. The van der Waals surface area contributed by atoms with Gasteiger partial charge in [-0.25, -0.2) is 0 Å². The maximum atomic E-state index is 9.90. The zero-order chi connectivity index (χ0) is 16.1. The van der Waals surface area contributed by atoms with Crippen molar-refractivity contribution in [3.63, 3.8) is 0 Å². The van der Waals surface area contributed by atoms with Gasteiger partial charge in [-0.1, -0.05) is 66.2 Å². The van der Waals surface area contributed by atoms with E-state index < -0.39 is 9.05 Å². The van der Waals surface area contributed by atoms with E-state index >= 15 is 0 Å². The first-order valence-corrected chi connectivity index (χ1v) is 10.4. The van der Waals surface area contributed by atoms with Gasteiger partial charge in [-0.05, 0) is 24.7 Å². The average Bonchev–Trinajstić information content (AvgIpc) is 2.47. The van der Waals surface area contributed by atoms with Crippen LogP contribution in [-0.4, -0.2) is 31.9 Å². The molecule has 0 bridgehead atoms. The van der Waals surface area contributed by atoms with Crippen LogP contribution in [0.15, 0.2) is 0 Å². The van der Waals surface area contributed by atoms with Crippen molar-refractivity contribution < 1.29 is 18.4 Å². The minimum absolute atomic E-state index is 0.390. The predicted molar refractivity (Wildman–Crippen MR) is 88.7 cm³/mol. The molecule has 0 saturated heterocycles. The Bertz CT molecular complexity index is 214. The molecule has 0 heterocycles. The predicted octanol–water partition coefficient (Wildman–Crippen LogP) is 3.87. The molecule has 0 fully saturated rings. The lowest BCUT2D eigenvalue weighted by atomic mass is 10.0. The highest BCUT2D eigenvalue weighted by Gasteiger charge is 2.37. The van der Waals surface area contributed by atoms with Crippen molar-refractivity contribution in [2.24, 2.45) is 11.8 Å². The van der Waals surface area contributed by atoms with Crippen LogP contribution in [0.25, 0.3) is 0 Å². The summed E-state index contributed by atoms with van der Waals surface area (Å²) in [7, 11) is -3.94. The molecule has 0 radical (unpaired) electrons. The minimum atomic E-state index is -3.94. The van der Waals surface area contributed by atoms with Gasteiger partial charge in [0.05, 0.1) is 0 Å². The fourth-order valence-corrected chi connectivity index (χ4v) is 3.28. The quantitative estimate of drug-likeness (QED) is 0.477. The van der Waals surface area contributed by atoms with Crippen molar-refractivity contribution in [2.45, 2.75) is 79.1 Å². The summed E-state index contributed by atoms with van der Waals surface area (Å²) >= 11 is 0. The normalized spacial score (nSPS) is 15.1. The Kier molecular flexibility index (Phi) is 12.6. The van der Waals surface area contributed by atoms with E-state index in [-0.39, 0.29) is 0 Å². The Labute approximate surface area is 132 Å². The lowest BCUT2D eigenvalue weighted by molar-refractivity contribution is 0.00188. The topological polar surface area (TPSA) is 58.9 Å². The van der Waals surface area contributed by atoms with E-state index in [0.29, 0.717) is 25.0 Å². The summed E-state index contributed by atoms with van der Waals surface area (Å²) < 4.78 is 10.6. The molecule has 0 saturated carbocycles. The highest BCUT2D eigenvalue weighted by Crippen LogP contribution is 2.17. The molecule has 0 rings (SSSR count). The van der Waals surface area contributed by atoms with Gasteiger partial charge in [-0.3, -0.25) is 0 Å². The highest BCUT2D eigenvalue weighted by atomic mass is 28.4. The van der Waals surface area contributed by atoms with Crippen LogP contribution >= 0.6 is 0 Å². The van der Waals surface area contributed by atoms with Gasteiger partial charge in [-0.2, -0.15) is 0 Å². The summed E-state index contributed by atoms with van der Waals surface area (Å²) in [5.41, 5.74) is 0. The first-order chi connectivity index (χ1) is 9.99. The molecule has 5 heteroatoms. The Morgan fingerprint density at radius 2 is 1.14 bits per heavy atom. The van der Waals surface area contributed by atoms with Crippen LogP contribution in [0.2, 0.25) is 0 Å². The Morgan fingerprint density at radius 1 is 0.762 bits per heavy atom. The molecule has 2 unspecified atom stereocenters. The molecule has 0 amide bonds. The van der Waals surface area contributed by atoms with Gasteiger partial charge in [0.2, 0.25) is 0 Å². The Morgan fingerprint density at radius 3 is 1.43 bits per heavy atom. The minimum Gasteiger partial charge on any atom is -0.367 e. The SMILES string of the molecule is CCCCC(CC)CO[Si](O)(O)OCC(CC)CCCC. The van der Waals surface area contributed by atoms with E-state index in [1.807, 2.05) is 0 Å². The smallest absolute Gasteiger partial charge is 0.367 e. The van der Waals surface area contributed by atoms with Crippen LogP contribution in [0.1, 0.15) is 79.1 Å². The zero-order valence-corrected chi connectivity index (χ0v) is 15.4. The summed E-state index contributed by atoms with van der Waals surface area (Å²) in [5.74, 6) is 0.781. The van der Waals surface area contributed by atoms with Gasteiger partial charge in [0, 0.05) is 13.2 Å². The summed E-state index contributed by atoms with van der Waals surface area (Å²) in [4.78, 5) is 19.8. The maximum absolute atomic E-state index is 9.90. The van der Waals surface area contributed by atoms with Crippen LogP contribution in [-0.2, 0) is 8.85 Å². The van der Waals surface area contributed by atoms with E-state index in [2.05, 4.69) is 27.7 Å². The molecule has 0 spiro atoms. The number of hydrogen-bond donors (Lipinski definition) is 2. The number of unbranched alkanes of at least 4 members (excludes halogenated alkanes) is 2. The van der Waals surface area contributed by atoms with Crippen molar-refractivity contribution in [3.8, 4) is 0 Å². The maximum Gasteiger partial charge on any atom is 0.674 e. The van der Waals surface area contributed by atoms with E-state index in [9.17, 15) is 9.59 Å². The second-order valence-corrected chi connectivity index (χ2v) is 7.68.